The third-order valence-electron chi connectivity index (χ3n) is 4.56. The maximum absolute atomic E-state index is 12.7. The van der Waals surface area contributed by atoms with Gasteiger partial charge in [-0.3, -0.25) is 4.79 Å². The fraction of sp³-hybridized carbons (Fsp3) is 0.130. The monoisotopic (exact) mass is 507 g/mol. The molecule has 0 aliphatic carbocycles. The summed E-state index contributed by atoms with van der Waals surface area (Å²) in [6, 6.07) is 15.0. The minimum atomic E-state index is -4.82. The third kappa shape index (κ3) is 6.10. The second-order valence-corrected chi connectivity index (χ2v) is 7.58. The van der Waals surface area contributed by atoms with Crippen LogP contribution in [0.15, 0.2) is 69.9 Å². The summed E-state index contributed by atoms with van der Waals surface area (Å²) in [5.74, 6) is -1.38. The number of aromatic nitrogens is 1. The molecule has 0 fully saturated rings. The van der Waals surface area contributed by atoms with Crippen LogP contribution in [0.3, 0.4) is 0 Å². The van der Waals surface area contributed by atoms with Crippen molar-refractivity contribution < 1.29 is 27.8 Å². The molecule has 0 bridgehead atoms. The quantitative estimate of drug-likeness (QED) is 0.450. The molecule has 0 aliphatic rings. The summed E-state index contributed by atoms with van der Waals surface area (Å²) in [6.45, 7) is 0.283. The van der Waals surface area contributed by atoms with Gasteiger partial charge in [-0.25, -0.2) is 4.79 Å². The van der Waals surface area contributed by atoms with Gasteiger partial charge in [-0.1, -0.05) is 30.3 Å². The average molecular weight is 508 g/mol. The number of pyridine rings is 1. The molecule has 32 heavy (non-hydrogen) atoms. The van der Waals surface area contributed by atoms with Crippen molar-refractivity contribution in [3.63, 3.8) is 0 Å². The van der Waals surface area contributed by atoms with E-state index < -0.39 is 12.3 Å². The first-order valence-electron chi connectivity index (χ1n) is 9.38. The Hall–Kier alpha value is -3.33. The zero-order valence-electron chi connectivity index (χ0n) is 16.5. The summed E-state index contributed by atoms with van der Waals surface area (Å²) in [6.07, 6.45) is -1.39. The van der Waals surface area contributed by atoms with Gasteiger partial charge in [0.2, 0.25) is 0 Å². The molecule has 0 saturated heterocycles. The van der Waals surface area contributed by atoms with Gasteiger partial charge in [-0.15, -0.1) is 13.2 Å². The molecule has 166 valence electrons. The van der Waals surface area contributed by atoms with Crippen LogP contribution in [0.1, 0.15) is 27.2 Å². The van der Waals surface area contributed by atoms with E-state index in [-0.39, 0.29) is 29.0 Å². The first kappa shape index (κ1) is 23.3. The number of ether oxygens (including phenoxy) is 1. The molecule has 2 aromatic carbocycles. The van der Waals surface area contributed by atoms with Crippen molar-refractivity contribution in [3.8, 4) is 5.75 Å². The van der Waals surface area contributed by atoms with Crippen molar-refractivity contribution in [1.82, 2.24) is 4.57 Å². The van der Waals surface area contributed by atoms with Crippen LogP contribution in [-0.2, 0) is 13.0 Å². The number of carbonyl (C=O) groups is 1. The second kappa shape index (κ2) is 9.86. The summed E-state index contributed by atoms with van der Waals surface area (Å²) in [5, 5.41) is 8.99. The van der Waals surface area contributed by atoms with Crippen LogP contribution >= 0.6 is 15.9 Å². The molecule has 1 N–H and O–H groups in total. The Bertz CT molecular complexity index is 1200. The number of halogens is 4. The Kier molecular flexibility index (Phi) is 7.19. The van der Waals surface area contributed by atoms with Crippen molar-refractivity contribution >= 4 is 34.1 Å². The van der Waals surface area contributed by atoms with E-state index in [0.717, 1.165) is 5.56 Å². The fourth-order valence-electron chi connectivity index (χ4n) is 3.03. The van der Waals surface area contributed by atoms with E-state index in [9.17, 15) is 22.8 Å². The molecule has 1 heterocycles. The molecule has 1 aromatic heterocycles. The average Bonchev–Trinajstić information content (AvgIpc) is 2.73. The molecule has 5 nitrogen and oxygen atoms in total. The van der Waals surface area contributed by atoms with E-state index in [1.54, 1.807) is 24.3 Å². The standard InChI is InChI=1S/C23H17BrF3NO4/c24-18-10-12-21(29)28(14-13-15-5-7-17(8-6-15)22(30)31)19(18)11-9-16-3-1-2-4-20(16)32-23(25,26)27/h1-12H,13-14H2,(H,30,31)/b11-9+. The first-order chi connectivity index (χ1) is 15.1. The van der Waals surface area contributed by atoms with Gasteiger partial charge in [0.1, 0.15) is 5.75 Å². The molecule has 3 rings (SSSR count). The summed E-state index contributed by atoms with van der Waals surface area (Å²) in [7, 11) is 0. The van der Waals surface area contributed by atoms with E-state index in [4.69, 9.17) is 5.11 Å². The number of aryl methyl sites for hydroxylation is 1. The number of benzene rings is 2. The molecule has 0 unspecified atom stereocenters. The van der Waals surface area contributed by atoms with Crippen LogP contribution in [0, 0.1) is 0 Å². The van der Waals surface area contributed by atoms with Crippen LogP contribution in [0.5, 0.6) is 5.75 Å². The number of hydrogen-bond donors (Lipinski definition) is 1. The van der Waals surface area contributed by atoms with Crippen molar-refractivity contribution in [2.75, 3.05) is 0 Å². The molecule has 0 radical (unpaired) electrons. The van der Waals surface area contributed by atoms with Gasteiger partial charge < -0.3 is 14.4 Å². The first-order valence-corrected chi connectivity index (χ1v) is 10.2. The second-order valence-electron chi connectivity index (χ2n) is 6.73. The lowest BCUT2D eigenvalue weighted by Gasteiger charge is -2.13. The Morgan fingerprint density at radius 1 is 1.03 bits per heavy atom. The van der Waals surface area contributed by atoms with Gasteiger partial charge >= 0.3 is 12.3 Å². The summed E-state index contributed by atoms with van der Waals surface area (Å²) in [5.41, 5.74) is 1.39. The highest BCUT2D eigenvalue weighted by atomic mass is 79.9. The normalized spacial score (nSPS) is 11.6. The zero-order chi connectivity index (χ0) is 23.3. The van der Waals surface area contributed by atoms with E-state index in [1.165, 1.54) is 53.1 Å². The van der Waals surface area contributed by atoms with Crippen LogP contribution in [0.25, 0.3) is 12.2 Å². The predicted molar refractivity (Wildman–Crippen MR) is 118 cm³/mol. The smallest absolute Gasteiger partial charge is 0.478 e. The van der Waals surface area contributed by atoms with E-state index in [1.807, 2.05) is 0 Å². The van der Waals surface area contributed by atoms with Crippen molar-refractivity contribution in [3.05, 3.63) is 97.9 Å². The lowest BCUT2D eigenvalue weighted by molar-refractivity contribution is -0.274. The topological polar surface area (TPSA) is 68.5 Å². The number of aromatic carboxylic acids is 1. The molecule has 0 saturated carbocycles. The number of nitrogens with zero attached hydrogens (tertiary/aromatic N) is 1. The zero-order valence-corrected chi connectivity index (χ0v) is 18.1. The maximum atomic E-state index is 12.7. The third-order valence-corrected chi connectivity index (χ3v) is 5.23. The van der Waals surface area contributed by atoms with Crippen molar-refractivity contribution in [2.24, 2.45) is 0 Å². The highest BCUT2D eigenvalue weighted by molar-refractivity contribution is 9.10. The van der Waals surface area contributed by atoms with Crippen molar-refractivity contribution in [2.45, 2.75) is 19.3 Å². The van der Waals surface area contributed by atoms with Crippen LogP contribution < -0.4 is 10.3 Å². The molecule has 9 heteroatoms. The molecule has 0 aliphatic heterocycles. The molecule has 0 amide bonds. The van der Waals surface area contributed by atoms with Gasteiger partial charge in [-0.05, 0) is 64.3 Å². The van der Waals surface area contributed by atoms with E-state index >= 15 is 0 Å². The molecular formula is C23H17BrF3NO4. The number of para-hydroxylation sites is 1. The molecule has 3 aromatic rings. The number of carboxylic acid groups (broad SMARTS) is 1. The van der Waals surface area contributed by atoms with Gasteiger partial charge in [0, 0.05) is 22.6 Å². The lowest BCUT2D eigenvalue weighted by atomic mass is 10.1. The Morgan fingerprint density at radius 2 is 1.72 bits per heavy atom. The summed E-state index contributed by atoms with van der Waals surface area (Å²) >= 11 is 3.39. The van der Waals surface area contributed by atoms with Gasteiger partial charge in [0.25, 0.3) is 5.56 Å². The van der Waals surface area contributed by atoms with Crippen LogP contribution in [0.2, 0.25) is 0 Å². The maximum Gasteiger partial charge on any atom is 0.573 e. The largest absolute Gasteiger partial charge is 0.573 e. The summed E-state index contributed by atoms with van der Waals surface area (Å²) < 4.78 is 44.1. The lowest BCUT2D eigenvalue weighted by Crippen LogP contribution is -2.22. The highest BCUT2D eigenvalue weighted by Crippen LogP contribution is 2.28. The minimum Gasteiger partial charge on any atom is -0.478 e. The minimum absolute atomic E-state index is 0.164. The summed E-state index contributed by atoms with van der Waals surface area (Å²) in [4.78, 5) is 23.5. The van der Waals surface area contributed by atoms with Gasteiger partial charge in [0.15, 0.2) is 0 Å². The van der Waals surface area contributed by atoms with Crippen LogP contribution in [-0.4, -0.2) is 22.0 Å². The number of alkyl halides is 3. The predicted octanol–water partition coefficient (Wildman–Crippen LogP) is 5.62. The fourth-order valence-corrected chi connectivity index (χ4v) is 3.51. The number of hydrogen-bond acceptors (Lipinski definition) is 3. The Balaban J connectivity index is 1.88. The van der Waals surface area contributed by atoms with Gasteiger partial charge in [-0.2, -0.15) is 0 Å². The van der Waals surface area contributed by atoms with E-state index in [2.05, 4.69) is 20.7 Å². The molecular weight excluding hydrogens is 491 g/mol. The van der Waals surface area contributed by atoms with Crippen molar-refractivity contribution in [1.29, 1.82) is 0 Å². The number of rotatable bonds is 7. The highest BCUT2D eigenvalue weighted by Gasteiger charge is 2.31. The Labute approximate surface area is 189 Å². The molecule has 0 spiro atoms. The number of carboxylic acids is 1. The Morgan fingerprint density at radius 3 is 2.38 bits per heavy atom. The van der Waals surface area contributed by atoms with Crippen LogP contribution in [0.4, 0.5) is 13.2 Å². The SMILES string of the molecule is O=C(O)c1ccc(CCn2c(/C=C/c3ccccc3OC(F)(F)F)c(Br)ccc2=O)cc1. The van der Waals surface area contributed by atoms with E-state index in [0.29, 0.717) is 16.6 Å². The van der Waals surface area contributed by atoms with Gasteiger partial charge in [0.05, 0.1) is 11.3 Å². The molecule has 0 atom stereocenters.